The van der Waals surface area contributed by atoms with E-state index in [1.165, 1.54) is 12.6 Å². The molecule has 2 aromatic rings. The lowest BCUT2D eigenvalue weighted by atomic mass is 9.93. The fourth-order valence-corrected chi connectivity index (χ4v) is 4.23. The molecule has 0 aliphatic carbocycles. The Morgan fingerprint density at radius 2 is 1.77 bits per heavy atom. The molecule has 4 rings (SSSR count). The van der Waals surface area contributed by atoms with E-state index in [4.69, 9.17) is 4.74 Å². The maximum atomic E-state index is 13.0. The van der Waals surface area contributed by atoms with E-state index in [0.717, 1.165) is 43.0 Å². The van der Waals surface area contributed by atoms with Crippen LogP contribution in [-0.2, 0) is 20.9 Å². The van der Waals surface area contributed by atoms with Crippen molar-refractivity contribution in [3.8, 4) is 0 Å². The lowest BCUT2D eigenvalue weighted by Crippen LogP contribution is -2.36. The zero-order chi connectivity index (χ0) is 21.8. The van der Waals surface area contributed by atoms with Gasteiger partial charge in [-0.25, -0.2) is 0 Å². The lowest BCUT2D eigenvalue weighted by Gasteiger charge is -2.33. The van der Waals surface area contributed by atoms with E-state index < -0.39 is 0 Å². The molecular formula is C25H29N3O3. The van der Waals surface area contributed by atoms with Gasteiger partial charge in [-0.2, -0.15) is 0 Å². The van der Waals surface area contributed by atoms with Gasteiger partial charge in [0.15, 0.2) is 0 Å². The molecule has 0 spiro atoms. The fraction of sp³-hybridized carbons (Fsp3) is 0.360. The number of fused-ring (bicyclic) bond motifs is 1. The van der Waals surface area contributed by atoms with Crippen LogP contribution in [0.4, 0.5) is 5.69 Å². The molecule has 1 saturated heterocycles. The molecule has 1 fully saturated rings. The van der Waals surface area contributed by atoms with Crippen LogP contribution in [0.15, 0.2) is 54.7 Å². The Bertz CT molecular complexity index is 964. The number of rotatable bonds is 5. The van der Waals surface area contributed by atoms with Gasteiger partial charge < -0.3 is 19.4 Å². The number of morpholine rings is 1. The van der Waals surface area contributed by atoms with Crippen molar-refractivity contribution in [2.24, 2.45) is 0 Å². The highest BCUT2D eigenvalue weighted by Gasteiger charge is 2.29. The molecule has 6 nitrogen and oxygen atoms in total. The van der Waals surface area contributed by atoms with Crippen LogP contribution in [0.2, 0.25) is 0 Å². The number of amides is 2. The predicted octanol–water partition coefficient (Wildman–Crippen LogP) is 3.45. The fourth-order valence-electron chi connectivity index (χ4n) is 4.23. The first kappa shape index (κ1) is 21.1. The number of ether oxygens (including phenoxy) is 1. The maximum absolute atomic E-state index is 13.0. The molecule has 1 unspecified atom stereocenters. The van der Waals surface area contributed by atoms with Crippen LogP contribution in [0.25, 0.3) is 6.08 Å². The lowest BCUT2D eigenvalue weighted by molar-refractivity contribution is -0.134. The Kier molecular flexibility index (Phi) is 6.37. The van der Waals surface area contributed by atoms with Crippen molar-refractivity contribution >= 4 is 23.6 Å². The molecule has 0 radical (unpaired) electrons. The molecule has 31 heavy (non-hydrogen) atoms. The van der Waals surface area contributed by atoms with Crippen LogP contribution in [0.1, 0.15) is 36.1 Å². The highest BCUT2D eigenvalue weighted by molar-refractivity contribution is 5.81. The molecule has 0 bridgehead atoms. The summed E-state index contributed by atoms with van der Waals surface area (Å²) in [7, 11) is 1.82. The summed E-state index contributed by atoms with van der Waals surface area (Å²) in [6.07, 6.45) is 3.97. The second-order valence-corrected chi connectivity index (χ2v) is 8.11. The van der Waals surface area contributed by atoms with Crippen molar-refractivity contribution in [1.29, 1.82) is 0 Å². The minimum Gasteiger partial charge on any atom is -0.378 e. The number of anilines is 1. The molecule has 0 saturated carbocycles. The van der Waals surface area contributed by atoms with Gasteiger partial charge in [0.05, 0.1) is 25.7 Å². The van der Waals surface area contributed by atoms with Crippen molar-refractivity contribution in [2.75, 3.05) is 38.3 Å². The monoisotopic (exact) mass is 419 g/mol. The van der Waals surface area contributed by atoms with Gasteiger partial charge in [0, 0.05) is 45.5 Å². The summed E-state index contributed by atoms with van der Waals surface area (Å²) in [5.74, 6) is -0.0523. The van der Waals surface area contributed by atoms with E-state index in [2.05, 4.69) is 29.2 Å². The quantitative estimate of drug-likeness (QED) is 0.745. The van der Waals surface area contributed by atoms with Crippen molar-refractivity contribution in [3.05, 3.63) is 71.4 Å². The summed E-state index contributed by atoms with van der Waals surface area (Å²) in [5.41, 5.74) is 4.33. The molecule has 2 aliphatic heterocycles. The topological polar surface area (TPSA) is 53.1 Å². The summed E-state index contributed by atoms with van der Waals surface area (Å²) < 4.78 is 5.42. The van der Waals surface area contributed by atoms with Crippen molar-refractivity contribution < 1.29 is 14.3 Å². The summed E-state index contributed by atoms with van der Waals surface area (Å²) in [5, 5.41) is 0. The number of nitrogens with zero attached hydrogens (tertiary/aromatic N) is 3. The van der Waals surface area contributed by atoms with Crippen LogP contribution >= 0.6 is 0 Å². The highest BCUT2D eigenvalue weighted by atomic mass is 16.5. The number of hydrogen-bond acceptors (Lipinski definition) is 4. The molecule has 2 heterocycles. The summed E-state index contributed by atoms with van der Waals surface area (Å²) in [6, 6.07) is 16.0. The van der Waals surface area contributed by atoms with Gasteiger partial charge >= 0.3 is 0 Å². The summed E-state index contributed by atoms with van der Waals surface area (Å²) in [6.45, 7) is 5.40. The van der Waals surface area contributed by atoms with Gasteiger partial charge in [-0.05, 0) is 34.9 Å². The van der Waals surface area contributed by atoms with E-state index in [1.807, 2.05) is 37.4 Å². The Morgan fingerprint density at radius 1 is 1.06 bits per heavy atom. The van der Waals surface area contributed by atoms with Crippen molar-refractivity contribution in [3.63, 3.8) is 0 Å². The standard InChI is InChI=1S/C25H29N3O3/c1-19(29)28-12-11-21-5-3-4-6-23(21)24(28)17-25(30)26(2)18-20-7-9-22(10-8-20)27-13-15-31-16-14-27/h3-12,24H,13-18H2,1-2H3. The van der Waals surface area contributed by atoms with Crippen LogP contribution in [-0.4, -0.2) is 55.0 Å². The molecule has 2 aliphatic rings. The van der Waals surface area contributed by atoms with Gasteiger partial charge in [-0.1, -0.05) is 36.4 Å². The Balaban J connectivity index is 1.42. The molecule has 0 N–H and O–H groups in total. The molecule has 1 atom stereocenters. The third-order valence-corrected chi connectivity index (χ3v) is 6.00. The van der Waals surface area contributed by atoms with Crippen LogP contribution in [0.3, 0.4) is 0 Å². The first-order chi connectivity index (χ1) is 15.0. The van der Waals surface area contributed by atoms with Crippen LogP contribution < -0.4 is 4.90 Å². The molecular weight excluding hydrogens is 390 g/mol. The van der Waals surface area contributed by atoms with Gasteiger partial charge in [-0.3, -0.25) is 9.59 Å². The second-order valence-electron chi connectivity index (χ2n) is 8.11. The molecule has 2 amide bonds. The van der Waals surface area contributed by atoms with E-state index in [0.29, 0.717) is 6.54 Å². The summed E-state index contributed by atoms with van der Waals surface area (Å²) >= 11 is 0. The van der Waals surface area contributed by atoms with Gasteiger partial charge in [0.25, 0.3) is 0 Å². The van der Waals surface area contributed by atoms with E-state index >= 15 is 0 Å². The largest absolute Gasteiger partial charge is 0.378 e. The number of hydrogen-bond donors (Lipinski definition) is 0. The normalized spacial score (nSPS) is 17.9. The minimum atomic E-state index is -0.280. The van der Waals surface area contributed by atoms with Gasteiger partial charge in [0.2, 0.25) is 11.8 Å². The number of benzene rings is 2. The van der Waals surface area contributed by atoms with Crippen LogP contribution in [0.5, 0.6) is 0 Å². The third-order valence-electron chi connectivity index (χ3n) is 6.00. The molecule has 2 aromatic carbocycles. The van der Waals surface area contributed by atoms with E-state index in [1.54, 1.807) is 16.0 Å². The number of carbonyl (C=O) groups excluding carboxylic acids is 2. The maximum Gasteiger partial charge on any atom is 0.225 e. The van der Waals surface area contributed by atoms with E-state index in [9.17, 15) is 9.59 Å². The Hall–Kier alpha value is -3.12. The first-order valence-corrected chi connectivity index (χ1v) is 10.7. The molecule has 162 valence electrons. The van der Waals surface area contributed by atoms with Crippen molar-refractivity contribution in [1.82, 2.24) is 9.80 Å². The third kappa shape index (κ3) is 4.80. The second kappa shape index (κ2) is 9.35. The van der Waals surface area contributed by atoms with Gasteiger partial charge in [0.1, 0.15) is 0 Å². The molecule has 0 aromatic heterocycles. The average molecular weight is 420 g/mol. The van der Waals surface area contributed by atoms with Crippen LogP contribution in [0, 0.1) is 0 Å². The average Bonchev–Trinajstić information content (AvgIpc) is 2.80. The minimum absolute atomic E-state index is 0.0126. The highest BCUT2D eigenvalue weighted by Crippen LogP contribution is 2.33. The first-order valence-electron chi connectivity index (χ1n) is 10.7. The zero-order valence-corrected chi connectivity index (χ0v) is 18.2. The van der Waals surface area contributed by atoms with E-state index in [-0.39, 0.29) is 24.3 Å². The smallest absolute Gasteiger partial charge is 0.225 e. The summed E-state index contributed by atoms with van der Waals surface area (Å²) in [4.78, 5) is 30.9. The van der Waals surface area contributed by atoms with Gasteiger partial charge in [-0.15, -0.1) is 0 Å². The number of carbonyl (C=O) groups is 2. The molecule has 6 heteroatoms. The zero-order valence-electron chi connectivity index (χ0n) is 18.2. The predicted molar refractivity (Wildman–Crippen MR) is 121 cm³/mol. The Morgan fingerprint density at radius 3 is 2.48 bits per heavy atom. The SMILES string of the molecule is CC(=O)N1C=Cc2ccccc2C1CC(=O)N(C)Cc1ccc(N2CCOCC2)cc1. The van der Waals surface area contributed by atoms with Crippen molar-refractivity contribution in [2.45, 2.75) is 25.9 Å². The Labute approximate surface area is 183 Å².